The zero-order chi connectivity index (χ0) is 20.1. The Bertz CT molecular complexity index is 851. The molecule has 1 fully saturated rings. The predicted octanol–water partition coefficient (Wildman–Crippen LogP) is 3.33. The molecule has 2 N–H and O–H groups in total. The van der Waals surface area contributed by atoms with Crippen LogP contribution in [0.3, 0.4) is 0 Å². The van der Waals surface area contributed by atoms with Crippen LogP contribution in [0.5, 0.6) is 11.5 Å². The molecule has 2 aromatic rings. The first kappa shape index (κ1) is 19.5. The van der Waals surface area contributed by atoms with E-state index in [1.165, 1.54) is 0 Å². The monoisotopic (exact) mass is 383 g/mol. The van der Waals surface area contributed by atoms with E-state index in [0.29, 0.717) is 24.6 Å². The number of amides is 3. The maximum Gasteiger partial charge on any atom is 0.319 e. The van der Waals surface area contributed by atoms with Gasteiger partial charge in [0.15, 0.2) is 0 Å². The minimum absolute atomic E-state index is 0.0254. The van der Waals surface area contributed by atoms with Gasteiger partial charge in [0.1, 0.15) is 11.5 Å². The molecule has 1 aliphatic rings. The van der Waals surface area contributed by atoms with E-state index >= 15 is 0 Å². The maximum atomic E-state index is 12.4. The summed E-state index contributed by atoms with van der Waals surface area (Å²) in [5, 5.41) is 5.67. The van der Waals surface area contributed by atoms with Crippen molar-refractivity contribution in [1.82, 2.24) is 5.32 Å². The highest BCUT2D eigenvalue weighted by Crippen LogP contribution is 2.26. The molecule has 0 spiro atoms. The Morgan fingerprint density at radius 1 is 1.21 bits per heavy atom. The summed E-state index contributed by atoms with van der Waals surface area (Å²) in [6.07, 6.45) is 0.256. The van der Waals surface area contributed by atoms with Crippen LogP contribution in [-0.4, -0.2) is 38.2 Å². The first-order chi connectivity index (χ1) is 13.5. The summed E-state index contributed by atoms with van der Waals surface area (Å²) in [5.74, 6) is 1.32. The molecule has 1 atom stereocenters. The number of methoxy groups -OCH3 is 1. The smallest absolute Gasteiger partial charge is 0.319 e. The number of benzene rings is 2. The standard InChI is InChI=1S/C21H25N3O4/c1-4-28-17-8-6-16(7-9-17)24-13-15(12-20(24)25)22-21(26)23-18-11-14(2)5-10-19(18)27-3/h5-11,15H,4,12-13H2,1-3H3,(H2,22,23,26). The van der Waals surface area contributed by atoms with E-state index in [1.54, 1.807) is 18.1 Å². The molecular weight excluding hydrogens is 358 g/mol. The van der Waals surface area contributed by atoms with Crippen LogP contribution in [0, 0.1) is 6.92 Å². The Hall–Kier alpha value is -3.22. The van der Waals surface area contributed by atoms with Crippen molar-refractivity contribution in [3.63, 3.8) is 0 Å². The van der Waals surface area contributed by atoms with Crippen LogP contribution in [0.15, 0.2) is 42.5 Å². The van der Waals surface area contributed by atoms with E-state index in [1.807, 2.05) is 50.2 Å². The van der Waals surface area contributed by atoms with Crippen molar-refractivity contribution in [3.8, 4) is 11.5 Å². The zero-order valence-corrected chi connectivity index (χ0v) is 16.3. The van der Waals surface area contributed by atoms with Gasteiger partial charge in [0.05, 0.1) is 25.4 Å². The van der Waals surface area contributed by atoms with E-state index in [-0.39, 0.29) is 24.4 Å². The molecule has 1 unspecified atom stereocenters. The normalized spacial score (nSPS) is 16.0. The first-order valence-electron chi connectivity index (χ1n) is 9.25. The second-order valence-electron chi connectivity index (χ2n) is 6.63. The molecule has 0 aliphatic carbocycles. The molecule has 2 aromatic carbocycles. The fourth-order valence-corrected chi connectivity index (χ4v) is 3.21. The van der Waals surface area contributed by atoms with Crippen LogP contribution in [0.2, 0.25) is 0 Å². The molecule has 3 amide bonds. The Labute approximate surface area is 164 Å². The quantitative estimate of drug-likeness (QED) is 0.802. The number of carbonyl (C=O) groups excluding carboxylic acids is 2. The number of hydrogen-bond acceptors (Lipinski definition) is 4. The van der Waals surface area contributed by atoms with Crippen LogP contribution in [0.4, 0.5) is 16.2 Å². The van der Waals surface area contributed by atoms with Gasteiger partial charge in [-0.2, -0.15) is 0 Å². The molecule has 7 nitrogen and oxygen atoms in total. The lowest BCUT2D eigenvalue weighted by molar-refractivity contribution is -0.117. The number of aryl methyl sites for hydroxylation is 1. The number of ether oxygens (including phenoxy) is 2. The van der Waals surface area contributed by atoms with Gasteiger partial charge in [-0.3, -0.25) is 4.79 Å². The second kappa shape index (κ2) is 8.65. The van der Waals surface area contributed by atoms with Gasteiger partial charge in [-0.15, -0.1) is 0 Å². The topological polar surface area (TPSA) is 79.9 Å². The average molecular weight is 383 g/mol. The van der Waals surface area contributed by atoms with Gasteiger partial charge >= 0.3 is 6.03 Å². The van der Waals surface area contributed by atoms with E-state index in [9.17, 15) is 9.59 Å². The highest BCUT2D eigenvalue weighted by molar-refractivity contribution is 5.98. The van der Waals surface area contributed by atoms with Gasteiger partial charge in [-0.25, -0.2) is 4.79 Å². The van der Waals surface area contributed by atoms with Crippen LogP contribution in [0.1, 0.15) is 18.9 Å². The summed E-state index contributed by atoms with van der Waals surface area (Å²) >= 11 is 0. The van der Waals surface area contributed by atoms with Crippen LogP contribution >= 0.6 is 0 Å². The van der Waals surface area contributed by atoms with Crippen molar-refractivity contribution >= 4 is 23.3 Å². The average Bonchev–Trinajstić information content (AvgIpc) is 3.02. The number of hydrogen-bond donors (Lipinski definition) is 2. The lowest BCUT2D eigenvalue weighted by Crippen LogP contribution is -2.39. The minimum atomic E-state index is -0.366. The van der Waals surface area contributed by atoms with E-state index in [4.69, 9.17) is 9.47 Å². The van der Waals surface area contributed by atoms with Crippen molar-refractivity contribution < 1.29 is 19.1 Å². The SMILES string of the molecule is CCOc1ccc(N2CC(NC(=O)Nc3cc(C)ccc3OC)CC2=O)cc1. The van der Waals surface area contributed by atoms with Gasteiger partial charge in [0.25, 0.3) is 0 Å². The zero-order valence-electron chi connectivity index (χ0n) is 16.3. The number of nitrogens with zero attached hydrogens (tertiary/aromatic N) is 1. The largest absolute Gasteiger partial charge is 0.495 e. The third-order valence-electron chi connectivity index (χ3n) is 4.52. The van der Waals surface area contributed by atoms with E-state index in [0.717, 1.165) is 17.0 Å². The summed E-state index contributed by atoms with van der Waals surface area (Å²) in [5.41, 5.74) is 2.39. The highest BCUT2D eigenvalue weighted by Gasteiger charge is 2.31. The molecule has 0 saturated carbocycles. The molecule has 3 rings (SSSR count). The molecule has 0 bridgehead atoms. The maximum absolute atomic E-state index is 12.4. The molecule has 1 saturated heterocycles. The second-order valence-corrected chi connectivity index (χ2v) is 6.63. The number of urea groups is 1. The Morgan fingerprint density at radius 2 is 1.96 bits per heavy atom. The molecule has 7 heteroatoms. The Balaban J connectivity index is 1.61. The van der Waals surface area contributed by atoms with Crippen LogP contribution in [0.25, 0.3) is 0 Å². The Kier molecular flexibility index (Phi) is 6.03. The molecule has 0 aromatic heterocycles. The third kappa shape index (κ3) is 4.54. The van der Waals surface area contributed by atoms with E-state index < -0.39 is 0 Å². The van der Waals surface area contributed by atoms with Crippen molar-refractivity contribution in [2.24, 2.45) is 0 Å². The molecule has 1 aliphatic heterocycles. The lowest BCUT2D eigenvalue weighted by Gasteiger charge is -2.18. The summed E-state index contributed by atoms with van der Waals surface area (Å²) in [6, 6.07) is 12.3. The fraction of sp³-hybridized carbons (Fsp3) is 0.333. The molecule has 148 valence electrons. The summed E-state index contributed by atoms with van der Waals surface area (Å²) in [7, 11) is 1.55. The number of anilines is 2. The summed E-state index contributed by atoms with van der Waals surface area (Å²) in [4.78, 5) is 26.4. The first-order valence-corrected chi connectivity index (χ1v) is 9.25. The van der Waals surface area contributed by atoms with Gasteiger partial charge in [0.2, 0.25) is 5.91 Å². The predicted molar refractivity (Wildman–Crippen MR) is 108 cm³/mol. The summed E-state index contributed by atoms with van der Waals surface area (Å²) < 4.78 is 10.7. The van der Waals surface area contributed by atoms with E-state index in [2.05, 4.69) is 10.6 Å². The van der Waals surface area contributed by atoms with Gasteiger partial charge < -0.3 is 25.0 Å². The van der Waals surface area contributed by atoms with Gasteiger partial charge in [0, 0.05) is 18.7 Å². The number of carbonyl (C=O) groups is 2. The van der Waals surface area contributed by atoms with Crippen molar-refractivity contribution in [2.45, 2.75) is 26.3 Å². The van der Waals surface area contributed by atoms with Gasteiger partial charge in [-0.1, -0.05) is 6.07 Å². The molecule has 28 heavy (non-hydrogen) atoms. The van der Waals surface area contributed by atoms with Crippen molar-refractivity contribution in [2.75, 3.05) is 30.5 Å². The fourth-order valence-electron chi connectivity index (χ4n) is 3.21. The minimum Gasteiger partial charge on any atom is -0.495 e. The van der Waals surface area contributed by atoms with Crippen LogP contribution < -0.4 is 25.0 Å². The van der Waals surface area contributed by atoms with Crippen molar-refractivity contribution in [1.29, 1.82) is 0 Å². The lowest BCUT2D eigenvalue weighted by atomic mass is 10.2. The summed E-state index contributed by atoms with van der Waals surface area (Å²) in [6.45, 7) is 4.87. The van der Waals surface area contributed by atoms with Crippen LogP contribution in [-0.2, 0) is 4.79 Å². The van der Waals surface area contributed by atoms with Crippen molar-refractivity contribution in [3.05, 3.63) is 48.0 Å². The number of nitrogens with one attached hydrogen (secondary N) is 2. The number of rotatable bonds is 6. The molecular formula is C21H25N3O4. The third-order valence-corrected chi connectivity index (χ3v) is 4.52. The molecule has 1 heterocycles. The highest BCUT2D eigenvalue weighted by atomic mass is 16.5. The Morgan fingerprint density at radius 3 is 2.64 bits per heavy atom. The molecule has 0 radical (unpaired) electrons. The van der Waals surface area contributed by atoms with Gasteiger partial charge in [-0.05, 0) is 55.8 Å².